The molecule has 0 saturated carbocycles. The van der Waals surface area contributed by atoms with Crippen LogP contribution in [0.5, 0.6) is 0 Å². The minimum Gasteiger partial charge on any atom is -0.446 e. The van der Waals surface area contributed by atoms with E-state index in [1.165, 1.54) is 25.3 Å². The molecule has 1 aliphatic rings. The molecule has 2 heterocycles. The van der Waals surface area contributed by atoms with Gasteiger partial charge in [-0.05, 0) is 43.5 Å². The Labute approximate surface area is 167 Å². The van der Waals surface area contributed by atoms with Gasteiger partial charge in [0.15, 0.2) is 5.60 Å². The molecule has 4 nitrogen and oxygen atoms in total. The Balaban J connectivity index is 1.73. The zero-order valence-electron chi connectivity index (χ0n) is 16.7. The molecule has 1 fully saturated rings. The van der Waals surface area contributed by atoms with Crippen LogP contribution < -0.4 is 0 Å². The quantitative estimate of drug-likeness (QED) is 0.580. The number of carbonyl (C=O) groups is 1. The van der Waals surface area contributed by atoms with Gasteiger partial charge in [-0.3, -0.25) is 14.7 Å². The van der Waals surface area contributed by atoms with E-state index in [-0.39, 0.29) is 5.97 Å². The van der Waals surface area contributed by atoms with E-state index in [1.807, 2.05) is 55.7 Å². The number of benzene rings is 1. The first-order valence-electron chi connectivity index (χ1n) is 9.93. The molecular weight excluding hydrogens is 348 g/mol. The number of aromatic nitrogens is 1. The van der Waals surface area contributed by atoms with Gasteiger partial charge in [-0.25, -0.2) is 0 Å². The van der Waals surface area contributed by atoms with Gasteiger partial charge in [0.1, 0.15) is 0 Å². The van der Waals surface area contributed by atoms with E-state index in [0.29, 0.717) is 19.0 Å². The summed E-state index contributed by atoms with van der Waals surface area (Å²) in [5, 5.41) is 0. The van der Waals surface area contributed by atoms with E-state index in [2.05, 4.69) is 27.8 Å². The minimum atomic E-state index is -0.827. The fourth-order valence-corrected chi connectivity index (χ4v) is 3.87. The van der Waals surface area contributed by atoms with Crippen LogP contribution in [0.25, 0.3) is 0 Å². The van der Waals surface area contributed by atoms with Crippen molar-refractivity contribution in [2.24, 2.45) is 0 Å². The molecule has 146 valence electrons. The summed E-state index contributed by atoms with van der Waals surface area (Å²) in [7, 11) is 0. The van der Waals surface area contributed by atoms with Gasteiger partial charge in [0.05, 0.1) is 6.54 Å². The average molecular weight is 377 g/mol. The lowest BCUT2D eigenvalue weighted by atomic mass is 9.95. The van der Waals surface area contributed by atoms with Crippen LogP contribution in [0.3, 0.4) is 0 Å². The Hall–Kier alpha value is -2.64. The third kappa shape index (κ3) is 5.68. The molecule has 0 unspecified atom stereocenters. The van der Waals surface area contributed by atoms with Crippen LogP contribution in [0.2, 0.25) is 0 Å². The van der Waals surface area contributed by atoms with Crippen LogP contribution in [-0.2, 0) is 16.0 Å². The lowest BCUT2D eigenvalue weighted by molar-refractivity contribution is -0.150. The fraction of sp³-hybridized carbons (Fsp3) is 0.417. The van der Waals surface area contributed by atoms with Crippen LogP contribution in [-0.4, -0.2) is 34.5 Å². The molecule has 1 aromatic heterocycles. The Morgan fingerprint density at radius 1 is 1.25 bits per heavy atom. The van der Waals surface area contributed by atoms with Crippen molar-refractivity contribution in [1.82, 2.24) is 9.88 Å². The highest BCUT2D eigenvalue weighted by atomic mass is 16.6. The van der Waals surface area contributed by atoms with E-state index >= 15 is 0 Å². The largest absolute Gasteiger partial charge is 0.446 e. The first-order valence-corrected chi connectivity index (χ1v) is 9.93. The molecule has 3 rings (SSSR count). The van der Waals surface area contributed by atoms with Crippen molar-refractivity contribution in [2.75, 3.05) is 13.1 Å². The molecule has 0 bridgehead atoms. The standard InChI is InChI=1S/C24H28N2O2/c1-20(27)28-24(2,18-21-10-4-3-5-11-21)14-9-17-26-16-7-6-13-23(26)22-12-8-15-25-19-22/h3-5,8,10-12,15,19,23H,6-7,13,16-18H2,1-2H3/t23-,24-/m0/s1. The summed E-state index contributed by atoms with van der Waals surface area (Å²) >= 11 is 0. The molecule has 2 aromatic rings. The maximum Gasteiger partial charge on any atom is 0.304 e. The predicted octanol–water partition coefficient (Wildman–Crippen LogP) is 4.18. The zero-order chi connectivity index (χ0) is 19.8. The molecule has 28 heavy (non-hydrogen) atoms. The molecule has 1 aliphatic heterocycles. The highest BCUT2D eigenvalue weighted by molar-refractivity contribution is 5.67. The summed E-state index contributed by atoms with van der Waals surface area (Å²) < 4.78 is 5.60. The minimum absolute atomic E-state index is 0.307. The first kappa shape index (κ1) is 20.1. The third-order valence-electron chi connectivity index (χ3n) is 5.07. The number of rotatable bonds is 5. The maximum absolute atomic E-state index is 11.6. The van der Waals surface area contributed by atoms with Crippen molar-refractivity contribution in [3.05, 3.63) is 66.0 Å². The summed E-state index contributed by atoms with van der Waals surface area (Å²) in [5.74, 6) is 6.24. The van der Waals surface area contributed by atoms with E-state index in [0.717, 1.165) is 18.5 Å². The van der Waals surface area contributed by atoms with Crippen LogP contribution in [0.4, 0.5) is 0 Å². The second kappa shape index (κ2) is 9.52. The summed E-state index contributed by atoms with van der Waals surface area (Å²) in [6.45, 7) is 5.01. The number of ether oxygens (including phenoxy) is 1. The summed E-state index contributed by atoms with van der Waals surface area (Å²) in [6, 6.07) is 14.5. The maximum atomic E-state index is 11.6. The zero-order valence-corrected chi connectivity index (χ0v) is 16.7. The summed E-state index contributed by atoms with van der Waals surface area (Å²) in [4.78, 5) is 18.3. The number of likely N-dealkylation sites (tertiary alicyclic amines) is 1. The first-order chi connectivity index (χ1) is 13.6. The van der Waals surface area contributed by atoms with Gasteiger partial charge in [-0.1, -0.05) is 54.7 Å². The lowest BCUT2D eigenvalue weighted by Crippen LogP contribution is -2.35. The van der Waals surface area contributed by atoms with Gasteiger partial charge in [0.25, 0.3) is 0 Å². The fourth-order valence-electron chi connectivity index (χ4n) is 3.87. The van der Waals surface area contributed by atoms with Crippen LogP contribution in [0, 0.1) is 11.8 Å². The average Bonchev–Trinajstić information content (AvgIpc) is 2.69. The van der Waals surface area contributed by atoms with Gasteiger partial charge in [-0.15, -0.1) is 0 Å². The van der Waals surface area contributed by atoms with Gasteiger partial charge < -0.3 is 4.74 Å². The second-order valence-electron chi connectivity index (χ2n) is 7.56. The number of nitrogens with zero attached hydrogens (tertiary/aromatic N) is 2. The third-order valence-corrected chi connectivity index (χ3v) is 5.07. The molecule has 4 heteroatoms. The Morgan fingerprint density at radius 3 is 2.79 bits per heavy atom. The number of pyridine rings is 1. The van der Waals surface area contributed by atoms with E-state index in [9.17, 15) is 4.79 Å². The molecule has 0 N–H and O–H groups in total. The number of carbonyl (C=O) groups excluding carboxylic acids is 1. The van der Waals surface area contributed by atoms with E-state index in [4.69, 9.17) is 4.74 Å². The van der Waals surface area contributed by atoms with E-state index in [1.54, 1.807) is 0 Å². The smallest absolute Gasteiger partial charge is 0.304 e. The van der Waals surface area contributed by atoms with Crippen LogP contribution in [0.1, 0.15) is 50.3 Å². The molecule has 0 spiro atoms. The summed E-state index contributed by atoms with van der Waals surface area (Å²) in [6.07, 6.45) is 7.87. The number of esters is 1. The Kier molecular flexibility index (Phi) is 6.84. The van der Waals surface area contributed by atoms with Gasteiger partial charge in [0, 0.05) is 31.8 Å². The van der Waals surface area contributed by atoms with Crippen molar-refractivity contribution in [3.63, 3.8) is 0 Å². The number of hydrogen-bond donors (Lipinski definition) is 0. The van der Waals surface area contributed by atoms with E-state index < -0.39 is 5.60 Å². The molecular formula is C24H28N2O2. The molecule has 1 aromatic carbocycles. The monoisotopic (exact) mass is 376 g/mol. The summed E-state index contributed by atoms with van der Waals surface area (Å²) in [5.41, 5.74) is 1.52. The Bertz CT molecular complexity index is 826. The highest BCUT2D eigenvalue weighted by Gasteiger charge is 2.27. The topological polar surface area (TPSA) is 42.4 Å². The molecule has 0 aliphatic carbocycles. The Morgan fingerprint density at radius 2 is 2.07 bits per heavy atom. The molecule has 2 atom stereocenters. The van der Waals surface area contributed by atoms with Gasteiger partial charge >= 0.3 is 5.97 Å². The molecule has 1 saturated heterocycles. The second-order valence-corrected chi connectivity index (χ2v) is 7.56. The van der Waals surface area contributed by atoms with Crippen molar-refractivity contribution in [2.45, 2.75) is 51.2 Å². The van der Waals surface area contributed by atoms with Crippen molar-refractivity contribution in [3.8, 4) is 11.8 Å². The highest BCUT2D eigenvalue weighted by Crippen LogP contribution is 2.29. The van der Waals surface area contributed by atoms with Crippen LogP contribution >= 0.6 is 0 Å². The molecule has 0 amide bonds. The van der Waals surface area contributed by atoms with Crippen molar-refractivity contribution in [1.29, 1.82) is 0 Å². The number of piperidine rings is 1. The van der Waals surface area contributed by atoms with Crippen molar-refractivity contribution >= 4 is 5.97 Å². The lowest BCUT2D eigenvalue weighted by Gasteiger charge is -2.34. The normalized spacial score (nSPS) is 19.1. The predicted molar refractivity (Wildman–Crippen MR) is 110 cm³/mol. The van der Waals surface area contributed by atoms with Crippen LogP contribution in [0.15, 0.2) is 54.9 Å². The van der Waals surface area contributed by atoms with Gasteiger partial charge in [-0.2, -0.15) is 0 Å². The van der Waals surface area contributed by atoms with Crippen molar-refractivity contribution < 1.29 is 9.53 Å². The SMILES string of the molecule is CC(=O)O[C@@](C)(C#CCN1CCCC[C@H]1c1cccnc1)Cc1ccccc1. The number of hydrogen-bond acceptors (Lipinski definition) is 4. The van der Waals surface area contributed by atoms with Gasteiger partial charge in [0.2, 0.25) is 0 Å². The molecule has 0 radical (unpaired) electrons.